The van der Waals surface area contributed by atoms with E-state index in [1.165, 1.54) is 5.56 Å². The molecule has 2 heteroatoms. The van der Waals surface area contributed by atoms with E-state index in [9.17, 15) is 0 Å². The Bertz CT molecular complexity index is 381. The van der Waals surface area contributed by atoms with Crippen LogP contribution in [0.3, 0.4) is 0 Å². The largest absolute Gasteiger partial charge is 0.255 e. The van der Waals surface area contributed by atoms with Crippen LogP contribution in [0.2, 0.25) is 0 Å². The number of nitrogens with zero attached hydrogens (tertiary/aromatic N) is 1. The third-order valence-electron chi connectivity index (χ3n) is 1.80. The molecule has 0 bridgehead atoms. The van der Waals surface area contributed by atoms with Gasteiger partial charge < -0.3 is 0 Å². The lowest BCUT2D eigenvalue weighted by Crippen LogP contribution is -1.82. The number of aromatic nitrogens is 1. The highest BCUT2D eigenvalue weighted by molar-refractivity contribution is 14.1. The zero-order chi connectivity index (χ0) is 9.10. The lowest BCUT2D eigenvalue weighted by molar-refractivity contribution is 1.31. The summed E-state index contributed by atoms with van der Waals surface area (Å²) in [4.78, 5) is 4.34. The van der Waals surface area contributed by atoms with E-state index in [-0.39, 0.29) is 0 Å². The Morgan fingerprint density at radius 1 is 0.923 bits per heavy atom. The molecule has 0 N–H and O–H groups in total. The molecule has 0 fully saturated rings. The molecule has 1 aromatic carbocycles. The van der Waals surface area contributed by atoms with Gasteiger partial charge in [-0.1, -0.05) is 30.3 Å². The highest BCUT2D eigenvalue weighted by Crippen LogP contribution is 2.16. The summed E-state index contributed by atoms with van der Waals surface area (Å²) in [6.45, 7) is 0. The van der Waals surface area contributed by atoms with Crippen molar-refractivity contribution >= 4 is 22.6 Å². The first-order chi connectivity index (χ1) is 6.36. The highest BCUT2D eigenvalue weighted by Gasteiger charge is 1.96. The molecular formula is C11H8IN. The van der Waals surface area contributed by atoms with Crippen molar-refractivity contribution in [2.75, 3.05) is 0 Å². The molecule has 0 amide bonds. The maximum atomic E-state index is 4.34. The van der Waals surface area contributed by atoms with Gasteiger partial charge in [0.1, 0.15) is 0 Å². The van der Waals surface area contributed by atoms with Crippen LogP contribution in [0, 0.1) is 3.57 Å². The fraction of sp³-hybridized carbons (Fsp3) is 0. The average molecular weight is 281 g/mol. The molecule has 13 heavy (non-hydrogen) atoms. The molecule has 0 unspecified atom stereocenters. The van der Waals surface area contributed by atoms with E-state index in [1.54, 1.807) is 0 Å². The monoisotopic (exact) mass is 281 g/mol. The SMILES string of the molecule is Ic1ccc(-c2ccccc2)nc1. The molecule has 1 aromatic heterocycles. The summed E-state index contributed by atoms with van der Waals surface area (Å²) in [5.74, 6) is 0. The van der Waals surface area contributed by atoms with Crippen LogP contribution in [0.4, 0.5) is 0 Å². The van der Waals surface area contributed by atoms with Crippen molar-refractivity contribution < 1.29 is 0 Å². The van der Waals surface area contributed by atoms with Crippen molar-refractivity contribution in [3.05, 3.63) is 52.2 Å². The first-order valence-corrected chi connectivity index (χ1v) is 5.11. The maximum absolute atomic E-state index is 4.34. The fourth-order valence-corrected chi connectivity index (χ4v) is 1.47. The molecule has 2 aromatic rings. The summed E-state index contributed by atoms with van der Waals surface area (Å²) in [7, 11) is 0. The van der Waals surface area contributed by atoms with Gasteiger partial charge >= 0.3 is 0 Å². The number of rotatable bonds is 1. The first-order valence-electron chi connectivity index (χ1n) is 4.03. The number of pyridine rings is 1. The minimum Gasteiger partial charge on any atom is -0.255 e. The standard InChI is InChI=1S/C11H8IN/c12-10-6-7-11(13-8-10)9-4-2-1-3-5-9/h1-8H. The van der Waals surface area contributed by atoms with Gasteiger partial charge in [-0.05, 0) is 34.7 Å². The van der Waals surface area contributed by atoms with Crippen LogP contribution in [0.25, 0.3) is 11.3 Å². The Kier molecular flexibility index (Phi) is 2.59. The fourth-order valence-electron chi connectivity index (χ4n) is 1.16. The second kappa shape index (κ2) is 3.87. The van der Waals surface area contributed by atoms with Crippen LogP contribution in [-0.4, -0.2) is 4.98 Å². The molecule has 1 heterocycles. The Labute approximate surface area is 91.0 Å². The van der Waals surface area contributed by atoms with Crippen molar-refractivity contribution in [2.24, 2.45) is 0 Å². The van der Waals surface area contributed by atoms with Crippen molar-refractivity contribution in [2.45, 2.75) is 0 Å². The molecule has 0 spiro atoms. The molecule has 0 aliphatic heterocycles. The van der Waals surface area contributed by atoms with E-state index in [0.717, 1.165) is 9.26 Å². The zero-order valence-corrected chi connectivity index (χ0v) is 9.10. The molecule has 0 atom stereocenters. The number of hydrogen-bond donors (Lipinski definition) is 0. The van der Waals surface area contributed by atoms with Crippen LogP contribution in [0.5, 0.6) is 0 Å². The second-order valence-electron chi connectivity index (χ2n) is 2.73. The van der Waals surface area contributed by atoms with Crippen LogP contribution in [0.1, 0.15) is 0 Å². The minimum atomic E-state index is 1.03. The molecule has 0 radical (unpaired) electrons. The van der Waals surface area contributed by atoms with Gasteiger partial charge in [-0.2, -0.15) is 0 Å². The van der Waals surface area contributed by atoms with E-state index in [2.05, 4.69) is 45.8 Å². The molecule has 0 aliphatic carbocycles. The topological polar surface area (TPSA) is 12.9 Å². The van der Waals surface area contributed by atoms with E-state index in [0.29, 0.717) is 0 Å². The first kappa shape index (κ1) is 8.69. The van der Waals surface area contributed by atoms with E-state index in [4.69, 9.17) is 0 Å². The summed E-state index contributed by atoms with van der Waals surface area (Å²) in [6.07, 6.45) is 1.88. The predicted molar refractivity (Wildman–Crippen MR) is 62.4 cm³/mol. The summed E-state index contributed by atoms with van der Waals surface area (Å²) in [5, 5.41) is 0. The summed E-state index contributed by atoms with van der Waals surface area (Å²) < 4.78 is 1.16. The second-order valence-corrected chi connectivity index (χ2v) is 3.97. The van der Waals surface area contributed by atoms with Crippen molar-refractivity contribution in [1.29, 1.82) is 0 Å². The van der Waals surface area contributed by atoms with Gasteiger partial charge in [0.25, 0.3) is 0 Å². The number of benzene rings is 1. The minimum absolute atomic E-state index is 1.03. The Morgan fingerprint density at radius 3 is 2.31 bits per heavy atom. The lowest BCUT2D eigenvalue weighted by Gasteiger charge is -1.99. The van der Waals surface area contributed by atoms with Gasteiger partial charge in [-0.3, -0.25) is 4.98 Å². The molecule has 0 aliphatic rings. The third-order valence-corrected chi connectivity index (χ3v) is 2.44. The Hall–Kier alpha value is -0.900. The average Bonchev–Trinajstić information content (AvgIpc) is 2.20. The summed E-state index contributed by atoms with van der Waals surface area (Å²) in [5.41, 5.74) is 2.19. The smallest absolute Gasteiger partial charge is 0.0702 e. The molecule has 1 nitrogen and oxygen atoms in total. The van der Waals surface area contributed by atoms with Crippen LogP contribution >= 0.6 is 22.6 Å². The lowest BCUT2D eigenvalue weighted by atomic mass is 10.1. The number of hydrogen-bond acceptors (Lipinski definition) is 1. The normalized spacial score (nSPS) is 9.92. The zero-order valence-electron chi connectivity index (χ0n) is 6.94. The highest BCUT2D eigenvalue weighted by atomic mass is 127. The van der Waals surface area contributed by atoms with Gasteiger partial charge in [-0.25, -0.2) is 0 Å². The van der Waals surface area contributed by atoms with E-state index >= 15 is 0 Å². The van der Waals surface area contributed by atoms with Crippen LogP contribution < -0.4 is 0 Å². The van der Waals surface area contributed by atoms with Gasteiger partial charge in [0.2, 0.25) is 0 Å². The molecule has 0 saturated heterocycles. The van der Waals surface area contributed by atoms with Crippen molar-refractivity contribution in [3.8, 4) is 11.3 Å². The van der Waals surface area contributed by atoms with Crippen molar-refractivity contribution in [3.63, 3.8) is 0 Å². The number of halogens is 1. The molecular weight excluding hydrogens is 273 g/mol. The summed E-state index contributed by atoms with van der Waals surface area (Å²) >= 11 is 2.25. The van der Waals surface area contributed by atoms with Gasteiger partial charge in [0.15, 0.2) is 0 Å². The third kappa shape index (κ3) is 2.06. The maximum Gasteiger partial charge on any atom is 0.0702 e. The van der Waals surface area contributed by atoms with Gasteiger partial charge in [0, 0.05) is 15.3 Å². The van der Waals surface area contributed by atoms with Crippen molar-refractivity contribution in [1.82, 2.24) is 4.98 Å². The van der Waals surface area contributed by atoms with E-state index < -0.39 is 0 Å². The van der Waals surface area contributed by atoms with Crippen LogP contribution in [-0.2, 0) is 0 Å². The Morgan fingerprint density at radius 2 is 1.69 bits per heavy atom. The summed E-state index contributed by atoms with van der Waals surface area (Å²) in [6, 6.07) is 14.3. The van der Waals surface area contributed by atoms with E-state index in [1.807, 2.05) is 30.5 Å². The predicted octanol–water partition coefficient (Wildman–Crippen LogP) is 3.35. The quantitative estimate of drug-likeness (QED) is 0.730. The van der Waals surface area contributed by atoms with Crippen LogP contribution in [0.15, 0.2) is 48.7 Å². The van der Waals surface area contributed by atoms with Gasteiger partial charge in [-0.15, -0.1) is 0 Å². The Balaban J connectivity index is 2.42. The van der Waals surface area contributed by atoms with Gasteiger partial charge in [0.05, 0.1) is 5.69 Å². The molecule has 64 valence electrons. The molecule has 2 rings (SSSR count). The molecule has 0 saturated carbocycles.